The van der Waals surface area contributed by atoms with Gasteiger partial charge in [-0.05, 0) is 0 Å². The van der Waals surface area contributed by atoms with E-state index in [-0.39, 0.29) is 18.1 Å². The molecule has 7 heteroatoms. The molecule has 17 heavy (non-hydrogen) atoms. The van der Waals surface area contributed by atoms with E-state index in [0.29, 0.717) is 11.6 Å². The minimum absolute atomic E-state index is 0.247. The Morgan fingerprint density at radius 2 is 2.35 bits per heavy atom. The molecule has 1 amide bonds. The fraction of sp³-hybridized carbons (Fsp3) is 0.200. The van der Waals surface area contributed by atoms with Crippen LogP contribution in [0, 0.1) is 0 Å². The maximum absolute atomic E-state index is 11.7. The number of nitrogens with one attached hydrogen (secondary N) is 2. The number of carbonyl (C=O) groups excluding carboxylic acids is 1. The van der Waals surface area contributed by atoms with Crippen LogP contribution < -0.4 is 10.6 Å². The van der Waals surface area contributed by atoms with Crippen LogP contribution in [-0.2, 0) is 6.54 Å². The molecule has 0 fully saturated rings. The number of nitrogens with zero attached hydrogens (tertiary/aromatic N) is 3. The van der Waals surface area contributed by atoms with Gasteiger partial charge in [0, 0.05) is 13.1 Å². The van der Waals surface area contributed by atoms with E-state index < -0.39 is 0 Å². The molecule has 0 aromatic carbocycles. The molecule has 88 valence electrons. The largest absolute Gasteiger partial charge is 0.372 e. The maximum atomic E-state index is 11.7. The number of aromatic nitrogens is 3. The third kappa shape index (κ3) is 2.77. The standard InChI is InChI=1S/C10H11N5O2/c1-11-9-6-12-5-8(15-9)10(16)13-4-7-2-3-14-17-7/h2-3,5-6H,4H2,1H3,(H,11,15)(H,13,16). The van der Waals surface area contributed by atoms with Crippen LogP contribution in [0.15, 0.2) is 29.2 Å². The zero-order valence-electron chi connectivity index (χ0n) is 9.17. The van der Waals surface area contributed by atoms with Crippen molar-refractivity contribution in [2.24, 2.45) is 0 Å². The van der Waals surface area contributed by atoms with Gasteiger partial charge in [-0.3, -0.25) is 9.78 Å². The van der Waals surface area contributed by atoms with Crippen LogP contribution in [-0.4, -0.2) is 28.1 Å². The summed E-state index contributed by atoms with van der Waals surface area (Å²) in [7, 11) is 1.71. The summed E-state index contributed by atoms with van der Waals surface area (Å²) in [5.41, 5.74) is 0.247. The van der Waals surface area contributed by atoms with Crippen LogP contribution in [0.2, 0.25) is 0 Å². The monoisotopic (exact) mass is 233 g/mol. The second-order valence-electron chi connectivity index (χ2n) is 3.20. The summed E-state index contributed by atoms with van der Waals surface area (Å²) in [6, 6.07) is 1.68. The Balaban J connectivity index is 1.99. The topological polar surface area (TPSA) is 92.9 Å². The van der Waals surface area contributed by atoms with Crippen molar-refractivity contribution in [1.82, 2.24) is 20.4 Å². The predicted octanol–water partition coefficient (Wildman–Crippen LogP) is 0.436. The zero-order chi connectivity index (χ0) is 12.1. The molecule has 0 radical (unpaired) electrons. The van der Waals surface area contributed by atoms with Crippen molar-refractivity contribution >= 4 is 11.7 Å². The molecule has 0 atom stereocenters. The third-order valence-corrected chi connectivity index (χ3v) is 2.04. The molecule has 2 aromatic rings. The minimum atomic E-state index is -0.314. The number of anilines is 1. The van der Waals surface area contributed by atoms with Crippen LogP contribution in [0.5, 0.6) is 0 Å². The summed E-state index contributed by atoms with van der Waals surface area (Å²) < 4.78 is 4.85. The van der Waals surface area contributed by atoms with Gasteiger partial charge in [-0.2, -0.15) is 0 Å². The van der Waals surface area contributed by atoms with E-state index in [1.165, 1.54) is 18.6 Å². The molecule has 0 saturated heterocycles. The van der Waals surface area contributed by atoms with Gasteiger partial charge in [-0.25, -0.2) is 4.98 Å². The third-order valence-electron chi connectivity index (χ3n) is 2.04. The Morgan fingerprint density at radius 3 is 3.06 bits per heavy atom. The Labute approximate surface area is 97.2 Å². The molecule has 2 heterocycles. The molecule has 2 N–H and O–H groups in total. The minimum Gasteiger partial charge on any atom is -0.372 e. The van der Waals surface area contributed by atoms with E-state index in [4.69, 9.17) is 4.52 Å². The smallest absolute Gasteiger partial charge is 0.271 e. The molecule has 0 aliphatic heterocycles. The van der Waals surface area contributed by atoms with Crippen molar-refractivity contribution in [3.8, 4) is 0 Å². The summed E-state index contributed by atoms with van der Waals surface area (Å²) in [5.74, 6) is 0.805. The van der Waals surface area contributed by atoms with Crippen LogP contribution in [0.4, 0.5) is 5.82 Å². The average molecular weight is 233 g/mol. The van der Waals surface area contributed by atoms with Gasteiger partial charge < -0.3 is 15.2 Å². The molecule has 2 aromatic heterocycles. The van der Waals surface area contributed by atoms with Crippen molar-refractivity contribution in [2.45, 2.75) is 6.54 Å². The number of amides is 1. The summed E-state index contributed by atoms with van der Waals surface area (Å²) in [6.45, 7) is 0.268. The SMILES string of the molecule is CNc1cncc(C(=O)NCc2ccno2)n1. The quantitative estimate of drug-likeness (QED) is 0.795. The van der Waals surface area contributed by atoms with Gasteiger partial charge in [0.15, 0.2) is 5.76 Å². The van der Waals surface area contributed by atoms with Gasteiger partial charge in [-0.1, -0.05) is 5.16 Å². The lowest BCUT2D eigenvalue weighted by atomic mass is 10.4. The van der Waals surface area contributed by atoms with Gasteiger partial charge >= 0.3 is 0 Å². The number of hydrogen-bond donors (Lipinski definition) is 2. The summed E-state index contributed by atoms with van der Waals surface area (Å²) >= 11 is 0. The van der Waals surface area contributed by atoms with Crippen molar-refractivity contribution in [3.63, 3.8) is 0 Å². The molecule has 0 saturated carbocycles. The molecule has 0 aliphatic carbocycles. The lowest BCUT2D eigenvalue weighted by Crippen LogP contribution is -2.24. The first-order chi connectivity index (χ1) is 8.29. The van der Waals surface area contributed by atoms with Gasteiger partial charge in [0.25, 0.3) is 5.91 Å². The van der Waals surface area contributed by atoms with Gasteiger partial charge in [0.2, 0.25) is 0 Å². The predicted molar refractivity (Wildman–Crippen MR) is 59.3 cm³/mol. The van der Waals surface area contributed by atoms with Crippen LogP contribution >= 0.6 is 0 Å². The maximum Gasteiger partial charge on any atom is 0.271 e. The molecular weight excluding hydrogens is 222 g/mol. The molecule has 0 spiro atoms. The fourth-order valence-electron chi connectivity index (χ4n) is 1.19. The second-order valence-corrected chi connectivity index (χ2v) is 3.20. The molecular formula is C10H11N5O2. The van der Waals surface area contributed by atoms with Crippen molar-refractivity contribution in [2.75, 3.05) is 12.4 Å². The highest BCUT2D eigenvalue weighted by Crippen LogP contribution is 2.01. The van der Waals surface area contributed by atoms with Gasteiger partial charge in [0.1, 0.15) is 11.5 Å². The van der Waals surface area contributed by atoms with Gasteiger partial charge in [0.05, 0.1) is 25.1 Å². The summed E-state index contributed by atoms with van der Waals surface area (Å²) in [6.07, 6.45) is 4.45. The van der Waals surface area contributed by atoms with E-state index in [2.05, 4.69) is 25.8 Å². The highest BCUT2D eigenvalue weighted by molar-refractivity contribution is 5.92. The first kappa shape index (κ1) is 11.1. The molecule has 7 nitrogen and oxygen atoms in total. The van der Waals surface area contributed by atoms with Crippen LogP contribution in [0.1, 0.15) is 16.2 Å². The van der Waals surface area contributed by atoms with Crippen molar-refractivity contribution < 1.29 is 9.32 Å². The van der Waals surface area contributed by atoms with Gasteiger partial charge in [-0.15, -0.1) is 0 Å². The number of hydrogen-bond acceptors (Lipinski definition) is 6. The highest BCUT2D eigenvalue weighted by atomic mass is 16.5. The Hall–Kier alpha value is -2.44. The van der Waals surface area contributed by atoms with E-state index in [0.717, 1.165) is 0 Å². The summed E-state index contributed by atoms with van der Waals surface area (Å²) in [5, 5.41) is 9.00. The summed E-state index contributed by atoms with van der Waals surface area (Å²) in [4.78, 5) is 19.7. The molecule has 0 aliphatic rings. The number of rotatable bonds is 4. The first-order valence-electron chi connectivity index (χ1n) is 4.97. The average Bonchev–Trinajstić information content (AvgIpc) is 2.89. The van der Waals surface area contributed by atoms with Crippen molar-refractivity contribution in [3.05, 3.63) is 36.1 Å². The van der Waals surface area contributed by atoms with Crippen molar-refractivity contribution in [1.29, 1.82) is 0 Å². The number of carbonyl (C=O) groups is 1. The fourth-order valence-corrected chi connectivity index (χ4v) is 1.19. The molecule has 2 rings (SSSR count). The first-order valence-corrected chi connectivity index (χ1v) is 4.97. The van der Waals surface area contributed by atoms with Crippen LogP contribution in [0.3, 0.4) is 0 Å². The van der Waals surface area contributed by atoms with E-state index in [1.54, 1.807) is 13.1 Å². The second kappa shape index (κ2) is 5.06. The van der Waals surface area contributed by atoms with Crippen LogP contribution in [0.25, 0.3) is 0 Å². The lowest BCUT2D eigenvalue weighted by Gasteiger charge is -2.03. The Kier molecular flexibility index (Phi) is 3.29. The zero-order valence-corrected chi connectivity index (χ0v) is 9.17. The normalized spacial score (nSPS) is 9.94. The lowest BCUT2D eigenvalue weighted by molar-refractivity contribution is 0.0942. The Morgan fingerprint density at radius 1 is 1.47 bits per heavy atom. The van der Waals surface area contributed by atoms with E-state index in [1.807, 2.05) is 0 Å². The molecule has 0 unspecified atom stereocenters. The van der Waals surface area contributed by atoms with E-state index in [9.17, 15) is 4.79 Å². The highest BCUT2D eigenvalue weighted by Gasteiger charge is 2.09. The molecule has 0 bridgehead atoms. The Bertz CT molecular complexity index is 497. The van der Waals surface area contributed by atoms with E-state index >= 15 is 0 Å².